The minimum atomic E-state index is -0.490. The molecule has 0 spiro atoms. The third-order valence-electron chi connectivity index (χ3n) is 6.43. The van der Waals surface area contributed by atoms with Crippen LogP contribution in [0.5, 0.6) is 5.75 Å². The molecule has 4 rings (SSSR count). The van der Waals surface area contributed by atoms with Gasteiger partial charge in [0.15, 0.2) is 5.65 Å². The number of amides is 1. The molecule has 3 heterocycles. The largest absolute Gasteiger partial charge is 0.507 e. The Kier molecular flexibility index (Phi) is 7.35. The van der Waals surface area contributed by atoms with E-state index in [9.17, 15) is 9.90 Å². The lowest BCUT2D eigenvalue weighted by Crippen LogP contribution is -2.41. The molecule has 200 valence electrons. The summed E-state index contributed by atoms with van der Waals surface area (Å²) in [4.78, 5) is 28.7. The van der Waals surface area contributed by atoms with Crippen molar-refractivity contribution in [3.63, 3.8) is 0 Å². The molecule has 1 aliphatic heterocycles. The molecule has 1 aromatic carbocycles. The van der Waals surface area contributed by atoms with E-state index in [1.54, 1.807) is 12.1 Å². The van der Waals surface area contributed by atoms with Crippen molar-refractivity contribution < 1.29 is 14.6 Å². The molecule has 0 atom stereocenters. The number of anilines is 1. The van der Waals surface area contributed by atoms with Crippen molar-refractivity contribution in [1.29, 1.82) is 0 Å². The highest BCUT2D eigenvalue weighted by Gasteiger charge is 2.28. The number of benzene rings is 1. The molecular weight excluding hydrogens is 468 g/mol. The van der Waals surface area contributed by atoms with Crippen LogP contribution in [0.4, 0.5) is 10.7 Å². The first-order chi connectivity index (χ1) is 17.3. The predicted molar refractivity (Wildman–Crippen MR) is 146 cm³/mol. The quantitative estimate of drug-likeness (QED) is 0.452. The Morgan fingerprint density at radius 3 is 2.38 bits per heavy atom. The second-order valence-corrected chi connectivity index (χ2v) is 12.0. The van der Waals surface area contributed by atoms with E-state index in [1.165, 1.54) is 0 Å². The molecule has 0 bridgehead atoms. The van der Waals surface area contributed by atoms with Crippen molar-refractivity contribution >= 4 is 23.2 Å². The molecule has 37 heavy (non-hydrogen) atoms. The van der Waals surface area contributed by atoms with Gasteiger partial charge in [-0.3, -0.25) is 0 Å². The minimum Gasteiger partial charge on any atom is -0.507 e. The molecule has 0 radical (unpaired) electrons. The number of phenols is 1. The van der Waals surface area contributed by atoms with Crippen molar-refractivity contribution in [3.8, 4) is 17.1 Å². The fourth-order valence-electron chi connectivity index (χ4n) is 4.65. The number of imidazole rings is 1. The average molecular weight is 509 g/mol. The van der Waals surface area contributed by atoms with Crippen LogP contribution in [-0.2, 0) is 11.3 Å². The Hall–Kier alpha value is -3.36. The molecule has 2 N–H and O–H groups in total. The smallest absolute Gasteiger partial charge is 0.410 e. The molecule has 9 heteroatoms. The summed E-state index contributed by atoms with van der Waals surface area (Å²) in [6.45, 7) is 15.9. The molecule has 1 saturated heterocycles. The van der Waals surface area contributed by atoms with Crippen LogP contribution in [0.3, 0.4) is 0 Å². The van der Waals surface area contributed by atoms with Crippen LogP contribution in [0, 0.1) is 12.8 Å². The zero-order chi connectivity index (χ0) is 27.0. The molecule has 9 nitrogen and oxygen atoms in total. The van der Waals surface area contributed by atoms with Gasteiger partial charge in [0, 0.05) is 25.2 Å². The first-order valence-corrected chi connectivity index (χ1v) is 13.1. The van der Waals surface area contributed by atoms with E-state index >= 15 is 0 Å². The van der Waals surface area contributed by atoms with Gasteiger partial charge in [-0.05, 0) is 85.8 Å². The first-order valence-electron chi connectivity index (χ1n) is 13.1. The fourth-order valence-corrected chi connectivity index (χ4v) is 4.65. The number of aryl methyl sites for hydroxylation is 2. The van der Waals surface area contributed by atoms with Crippen molar-refractivity contribution in [2.75, 3.05) is 18.4 Å². The van der Waals surface area contributed by atoms with Gasteiger partial charge in [-0.15, -0.1) is 0 Å². The van der Waals surface area contributed by atoms with Gasteiger partial charge in [-0.25, -0.2) is 14.8 Å². The lowest BCUT2D eigenvalue weighted by Gasteiger charge is -2.33. The average Bonchev–Trinajstić information content (AvgIpc) is 3.15. The number of ether oxygens (including phenoxy) is 1. The molecule has 3 aromatic rings. The highest BCUT2D eigenvalue weighted by molar-refractivity contribution is 5.81. The van der Waals surface area contributed by atoms with Crippen LogP contribution in [0.2, 0.25) is 0 Å². The number of hydrogen-bond acceptors (Lipinski definition) is 7. The summed E-state index contributed by atoms with van der Waals surface area (Å²) in [5, 5.41) is 14.0. The number of carbonyl (C=O) groups excluding carboxylic acids is 1. The number of likely N-dealkylation sites (tertiary alicyclic amines) is 1. The zero-order valence-electron chi connectivity index (χ0n) is 23.1. The monoisotopic (exact) mass is 508 g/mol. The van der Waals surface area contributed by atoms with E-state index in [4.69, 9.17) is 14.7 Å². The summed E-state index contributed by atoms with van der Waals surface area (Å²) < 4.78 is 7.65. The Balaban J connectivity index is 1.59. The Bertz CT molecular complexity index is 1260. The minimum absolute atomic E-state index is 0.184. The summed E-state index contributed by atoms with van der Waals surface area (Å²) in [6.07, 6.45) is 2.52. The second kappa shape index (κ2) is 10.2. The van der Waals surface area contributed by atoms with E-state index in [1.807, 2.05) is 44.7 Å². The van der Waals surface area contributed by atoms with Crippen LogP contribution in [-0.4, -0.2) is 59.8 Å². The zero-order valence-corrected chi connectivity index (χ0v) is 23.1. The van der Waals surface area contributed by atoms with Gasteiger partial charge in [0.2, 0.25) is 5.95 Å². The number of nitrogens with zero attached hydrogens (tertiary/aromatic N) is 5. The number of fused-ring (bicyclic) bond motifs is 1. The summed E-state index contributed by atoms with van der Waals surface area (Å²) in [7, 11) is 0. The van der Waals surface area contributed by atoms with E-state index in [0.717, 1.165) is 36.1 Å². The fraction of sp³-hybridized carbons (Fsp3) is 0.571. The topological polar surface area (TPSA) is 105 Å². The summed E-state index contributed by atoms with van der Waals surface area (Å²) in [5.74, 6) is 1.89. The van der Waals surface area contributed by atoms with Gasteiger partial charge in [-0.1, -0.05) is 12.1 Å². The van der Waals surface area contributed by atoms with Crippen LogP contribution in [0.25, 0.3) is 22.6 Å². The molecule has 0 aliphatic carbocycles. The maximum absolute atomic E-state index is 12.5. The standard InChI is InChI=1S/C28H40N6O3/c1-18-22-24(31-25(29-18)32-27(2,3)4)34(23(30-22)20-10-8-9-11-21(20)35)17-14-19-12-15-33(16-13-19)26(36)37-28(5,6)7/h8-11,19,35H,12-17H2,1-7H3,(H,29,31,32). The molecule has 1 amide bonds. The van der Waals surface area contributed by atoms with E-state index in [2.05, 4.69) is 35.6 Å². The molecule has 1 aliphatic rings. The van der Waals surface area contributed by atoms with Crippen molar-refractivity contribution in [2.45, 2.75) is 85.4 Å². The normalized spacial score (nSPS) is 15.3. The Morgan fingerprint density at radius 1 is 1.08 bits per heavy atom. The van der Waals surface area contributed by atoms with Crippen molar-refractivity contribution in [1.82, 2.24) is 24.4 Å². The maximum Gasteiger partial charge on any atom is 0.410 e. The van der Waals surface area contributed by atoms with E-state index in [-0.39, 0.29) is 17.4 Å². The van der Waals surface area contributed by atoms with Gasteiger partial charge in [0.25, 0.3) is 0 Å². The molecule has 1 fully saturated rings. The number of rotatable bonds is 5. The van der Waals surface area contributed by atoms with Crippen LogP contribution in [0.15, 0.2) is 24.3 Å². The highest BCUT2D eigenvalue weighted by Crippen LogP contribution is 2.33. The van der Waals surface area contributed by atoms with Gasteiger partial charge >= 0.3 is 6.09 Å². The van der Waals surface area contributed by atoms with Gasteiger partial charge in [-0.2, -0.15) is 4.98 Å². The SMILES string of the molecule is Cc1nc(NC(C)(C)C)nc2c1nc(-c1ccccc1O)n2CCC1CCN(C(=O)OC(C)(C)C)CC1. The van der Waals surface area contributed by atoms with E-state index in [0.29, 0.717) is 42.9 Å². The van der Waals surface area contributed by atoms with Gasteiger partial charge < -0.3 is 24.6 Å². The second-order valence-electron chi connectivity index (χ2n) is 12.0. The predicted octanol–water partition coefficient (Wildman–Crippen LogP) is 5.75. The molecule has 0 unspecified atom stereocenters. The summed E-state index contributed by atoms with van der Waals surface area (Å²) in [5.41, 5.74) is 2.27. The summed E-state index contributed by atoms with van der Waals surface area (Å²) in [6, 6.07) is 7.26. The number of aromatic hydroxyl groups is 1. The van der Waals surface area contributed by atoms with Crippen molar-refractivity contribution in [3.05, 3.63) is 30.0 Å². The van der Waals surface area contributed by atoms with Crippen LogP contribution >= 0.6 is 0 Å². The number of nitrogens with one attached hydrogen (secondary N) is 1. The van der Waals surface area contributed by atoms with Crippen molar-refractivity contribution in [2.24, 2.45) is 5.92 Å². The summed E-state index contributed by atoms with van der Waals surface area (Å²) >= 11 is 0. The lowest BCUT2D eigenvalue weighted by atomic mass is 9.93. The van der Waals surface area contributed by atoms with Gasteiger partial charge in [0.05, 0.1) is 11.3 Å². The lowest BCUT2D eigenvalue weighted by molar-refractivity contribution is 0.0180. The number of carbonyl (C=O) groups is 1. The molecular formula is C28H40N6O3. The Labute approximate surface area is 219 Å². The van der Waals surface area contributed by atoms with Crippen LogP contribution in [0.1, 0.15) is 66.5 Å². The number of para-hydroxylation sites is 1. The number of hydrogen-bond donors (Lipinski definition) is 2. The number of aromatic nitrogens is 4. The van der Waals surface area contributed by atoms with Gasteiger partial charge in [0.1, 0.15) is 22.7 Å². The number of phenolic OH excluding ortho intramolecular Hbond substituents is 1. The van der Waals surface area contributed by atoms with Crippen LogP contribution < -0.4 is 5.32 Å². The third kappa shape index (κ3) is 6.50. The number of piperidine rings is 1. The Morgan fingerprint density at radius 2 is 1.76 bits per heavy atom. The van der Waals surface area contributed by atoms with E-state index < -0.39 is 5.60 Å². The highest BCUT2D eigenvalue weighted by atomic mass is 16.6. The first kappa shape index (κ1) is 26.7. The molecule has 2 aromatic heterocycles. The third-order valence-corrected chi connectivity index (χ3v) is 6.43. The maximum atomic E-state index is 12.5. The molecule has 0 saturated carbocycles.